The van der Waals surface area contributed by atoms with E-state index >= 15 is 0 Å². The number of alkyl halides is 1. The van der Waals surface area contributed by atoms with Crippen LogP contribution in [0.4, 0.5) is 0 Å². The van der Waals surface area contributed by atoms with Crippen LogP contribution in [-0.2, 0) is 4.79 Å². The highest BCUT2D eigenvalue weighted by Gasteiger charge is 2.00. The van der Waals surface area contributed by atoms with Crippen LogP contribution in [0.15, 0.2) is 0 Å². The zero-order chi connectivity index (χ0) is 5.70. The summed E-state index contributed by atoms with van der Waals surface area (Å²) >= 11 is 5.15. The molecule has 0 aliphatic rings. The van der Waals surface area contributed by atoms with E-state index in [4.69, 9.17) is 16.7 Å². The van der Waals surface area contributed by atoms with Crippen molar-refractivity contribution >= 4 is 17.9 Å². The molecule has 0 fully saturated rings. The van der Waals surface area contributed by atoms with Crippen LogP contribution < -0.4 is 0 Å². The average Bonchev–Trinajstić information content (AvgIpc) is 1.72. The summed E-state index contributed by atoms with van der Waals surface area (Å²) in [4.78, 5) is 9.69. The summed E-state index contributed by atoms with van der Waals surface area (Å²) < 4.78 is 0. The molecule has 1 radical (unpaired) electrons. The normalized spacial score (nSPS) is 13.4. The first-order valence-electron chi connectivity index (χ1n) is 1.84. The predicted octanol–water partition coefficient (Wildman–Crippen LogP) is 0.575. The lowest BCUT2D eigenvalue weighted by molar-refractivity contribution is -0.110. The van der Waals surface area contributed by atoms with Crippen LogP contribution >= 0.6 is 11.6 Å². The third-order valence-electron chi connectivity index (χ3n) is 0.544. The van der Waals surface area contributed by atoms with Gasteiger partial charge >= 0.3 is 0 Å². The molecule has 1 N–H and O–H groups in total. The highest BCUT2D eigenvalue weighted by atomic mass is 35.5. The molecule has 0 saturated heterocycles. The first-order valence-corrected chi connectivity index (χ1v) is 2.37. The molecule has 0 aromatic heterocycles. The highest BCUT2D eigenvalue weighted by Crippen LogP contribution is 1.95. The second kappa shape index (κ2) is 4.09. The van der Waals surface area contributed by atoms with Gasteiger partial charge < -0.3 is 9.90 Å². The molecule has 0 aromatic carbocycles. The lowest BCUT2D eigenvalue weighted by Crippen LogP contribution is -2.02. The summed E-state index contributed by atoms with van der Waals surface area (Å²) in [5.41, 5.74) is 0. The minimum absolute atomic E-state index is 0.153. The van der Waals surface area contributed by atoms with Crippen LogP contribution in [0.5, 0.6) is 0 Å². The van der Waals surface area contributed by atoms with Gasteiger partial charge in [-0.25, -0.2) is 0 Å². The summed E-state index contributed by atoms with van der Waals surface area (Å²) in [6.07, 6.45) is 0.590. The number of aldehydes is 1. The van der Waals surface area contributed by atoms with Crippen LogP contribution in [-0.4, -0.2) is 17.3 Å². The summed E-state index contributed by atoms with van der Waals surface area (Å²) in [6, 6.07) is 0. The highest BCUT2D eigenvalue weighted by molar-refractivity contribution is 6.18. The fourth-order valence-corrected chi connectivity index (χ4v) is 0.264. The van der Waals surface area contributed by atoms with E-state index in [0.29, 0.717) is 6.29 Å². The van der Waals surface area contributed by atoms with Crippen molar-refractivity contribution in [3.8, 4) is 0 Å². The van der Waals surface area contributed by atoms with E-state index in [0.717, 1.165) is 6.61 Å². The summed E-state index contributed by atoms with van der Waals surface area (Å²) in [5.74, 6) is -0.346. The smallest absolute Gasteiger partial charge is 0.126 e. The van der Waals surface area contributed by atoms with Crippen molar-refractivity contribution in [1.29, 1.82) is 0 Å². The Balaban J connectivity index is 3.16. The van der Waals surface area contributed by atoms with E-state index in [2.05, 4.69) is 0 Å². The van der Waals surface area contributed by atoms with E-state index in [1.165, 1.54) is 0 Å². The SMILES string of the molecule is O=CC([CH]O)CCl. The lowest BCUT2D eigenvalue weighted by atomic mass is 10.2. The predicted molar refractivity (Wildman–Crippen MR) is 26.5 cm³/mol. The van der Waals surface area contributed by atoms with Crippen molar-refractivity contribution in [2.45, 2.75) is 0 Å². The van der Waals surface area contributed by atoms with E-state index in [1.54, 1.807) is 0 Å². The minimum Gasteiger partial charge on any atom is -0.390 e. The zero-order valence-corrected chi connectivity index (χ0v) is 4.43. The second-order valence-corrected chi connectivity index (χ2v) is 1.41. The van der Waals surface area contributed by atoms with Crippen molar-refractivity contribution < 1.29 is 9.90 Å². The monoisotopic (exact) mass is 121 g/mol. The third kappa shape index (κ3) is 2.60. The van der Waals surface area contributed by atoms with Gasteiger partial charge in [0.25, 0.3) is 0 Å². The number of carbonyl (C=O) groups excluding carboxylic acids is 1. The van der Waals surface area contributed by atoms with Crippen molar-refractivity contribution in [2.75, 3.05) is 5.88 Å². The lowest BCUT2D eigenvalue weighted by Gasteiger charge is -1.94. The molecule has 1 atom stereocenters. The molecule has 0 bridgehead atoms. The van der Waals surface area contributed by atoms with E-state index < -0.39 is 5.92 Å². The molecule has 0 saturated carbocycles. The van der Waals surface area contributed by atoms with Crippen molar-refractivity contribution in [2.24, 2.45) is 5.92 Å². The quantitative estimate of drug-likeness (QED) is 0.438. The van der Waals surface area contributed by atoms with Crippen LogP contribution in [0.3, 0.4) is 0 Å². The fraction of sp³-hybridized carbons (Fsp3) is 0.500. The topological polar surface area (TPSA) is 37.3 Å². The molecule has 0 heterocycles. The summed E-state index contributed by atoms with van der Waals surface area (Å²) in [5, 5.41) is 8.09. The van der Waals surface area contributed by atoms with E-state index in [9.17, 15) is 4.79 Å². The Morgan fingerprint density at radius 1 is 1.86 bits per heavy atom. The summed E-state index contributed by atoms with van der Waals surface area (Å²) in [7, 11) is 0. The molecule has 0 aromatic rings. The van der Waals surface area contributed by atoms with Gasteiger partial charge in [0.1, 0.15) is 6.29 Å². The first-order chi connectivity index (χ1) is 3.35. The van der Waals surface area contributed by atoms with Gasteiger partial charge in [0.15, 0.2) is 0 Å². The molecule has 3 heteroatoms. The molecule has 2 nitrogen and oxygen atoms in total. The maximum Gasteiger partial charge on any atom is 0.126 e. The number of hydrogen-bond donors (Lipinski definition) is 1. The van der Waals surface area contributed by atoms with Gasteiger partial charge in [-0.15, -0.1) is 11.6 Å². The van der Waals surface area contributed by atoms with E-state index in [-0.39, 0.29) is 5.88 Å². The zero-order valence-electron chi connectivity index (χ0n) is 3.67. The maximum atomic E-state index is 9.69. The Hall–Kier alpha value is -0.0800. The van der Waals surface area contributed by atoms with Gasteiger partial charge in [0, 0.05) is 5.88 Å². The largest absolute Gasteiger partial charge is 0.390 e. The molecule has 1 unspecified atom stereocenters. The molecule has 0 aliphatic heterocycles. The van der Waals surface area contributed by atoms with Crippen LogP contribution in [0.25, 0.3) is 0 Å². The first kappa shape index (κ1) is 6.92. The average molecular weight is 122 g/mol. The van der Waals surface area contributed by atoms with Gasteiger partial charge in [-0.05, 0) is 0 Å². The van der Waals surface area contributed by atoms with Gasteiger partial charge in [-0.1, -0.05) is 0 Å². The number of rotatable bonds is 3. The minimum atomic E-state index is -0.498. The van der Waals surface area contributed by atoms with E-state index in [1.807, 2.05) is 0 Å². The number of aliphatic hydroxyl groups excluding tert-OH is 1. The van der Waals surface area contributed by atoms with Gasteiger partial charge in [0.05, 0.1) is 12.5 Å². The van der Waals surface area contributed by atoms with Gasteiger partial charge in [0.2, 0.25) is 0 Å². The Kier molecular flexibility index (Phi) is 4.04. The van der Waals surface area contributed by atoms with Gasteiger partial charge in [-0.3, -0.25) is 0 Å². The molecule has 0 spiro atoms. The Labute approximate surface area is 47.1 Å². The van der Waals surface area contributed by atoms with Crippen LogP contribution in [0.2, 0.25) is 0 Å². The molecule has 0 amide bonds. The van der Waals surface area contributed by atoms with Crippen LogP contribution in [0, 0.1) is 12.5 Å². The molecule has 7 heavy (non-hydrogen) atoms. The number of carbonyl (C=O) groups is 1. The molecule has 0 aliphatic carbocycles. The molecule has 0 rings (SSSR count). The standard InChI is InChI=1S/C4H6ClO2/c5-1-4(2-6)3-7/h2-4,6H,1H2. The van der Waals surface area contributed by atoms with Crippen molar-refractivity contribution in [1.82, 2.24) is 0 Å². The van der Waals surface area contributed by atoms with Crippen molar-refractivity contribution in [3.05, 3.63) is 6.61 Å². The van der Waals surface area contributed by atoms with Crippen LogP contribution in [0.1, 0.15) is 0 Å². The Morgan fingerprint density at radius 3 is 2.43 bits per heavy atom. The summed E-state index contributed by atoms with van der Waals surface area (Å²) in [6.45, 7) is 0.778. The Morgan fingerprint density at radius 2 is 2.43 bits per heavy atom. The molecular weight excluding hydrogens is 115 g/mol. The number of hydrogen-bond acceptors (Lipinski definition) is 2. The maximum absolute atomic E-state index is 9.69. The van der Waals surface area contributed by atoms with Gasteiger partial charge in [-0.2, -0.15) is 0 Å². The number of halogens is 1. The Bertz CT molecular complexity index is 51.7. The van der Waals surface area contributed by atoms with Crippen molar-refractivity contribution in [3.63, 3.8) is 0 Å². The molecule has 41 valence electrons. The number of aliphatic hydroxyl groups is 1. The third-order valence-corrected chi connectivity index (χ3v) is 0.901. The fourth-order valence-electron chi connectivity index (χ4n) is 0.111. The second-order valence-electron chi connectivity index (χ2n) is 1.10. The molecular formula is C4H6ClO2.